The van der Waals surface area contributed by atoms with Crippen molar-refractivity contribution in [1.29, 1.82) is 0 Å². The van der Waals surface area contributed by atoms with Crippen molar-refractivity contribution in [2.75, 3.05) is 0 Å². The summed E-state index contributed by atoms with van der Waals surface area (Å²) in [6.45, 7) is 10.5. The van der Waals surface area contributed by atoms with Crippen molar-refractivity contribution in [2.45, 2.75) is 40.0 Å². The van der Waals surface area contributed by atoms with Gasteiger partial charge in [0.05, 0.1) is 0 Å². The van der Waals surface area contributed by atoms with Crippen LogP contribution in [-0.4, -0.2) is 0 Å². The lowest BCUT2D eigenvalue weighted by Gasteiger charge is -2.49. The van der Waals surface area contributed by atoms with E-state index in [4.69, 9.17) is 0 Å². The Hall–Kier alpha value is -0.260. The van der Waals surface area contributed by atoms with Crippen molar-refractivity contribution in [3.63, 3.8) is 0 Å². The van der Waals surface area contributed by atoms with Crippen LogP contribution in [0.3, 0.4) is 0 Å². The van der Waals surface area contributed by atoms with Crippen molar-refractivity contribution in [1.82, 2.24) is 0 Å². The van der Waals surface area contributed by atoms with Crippen LogP contribution in [0, 0.1) is 17.8 Å². The third-order valence-electron chi connectivity index (χ3n) is 3.30. The van der Waals surface area contributed by atoms with Gasteiger partial charge in [0.2, 0.25) is 0 Å². The molecule has 64 valence electrons. The largest absolute Gasteiger partial charge is 0.0996 e. The molecule has 0 amide bonds. The van der Waals surface area contributed by atoms with E-state index in [9.17, 15) is 0 Å². The van der Waals surface area contributed by atoms with E-state index in [1.54, 1.807) is 0 Å². The summed E-state index contributed by atoms with van der Waals surface area (Å²) in [4.78, 5) is 0. The Balaban J connectivity index is 0.000000281. The molecule has 0 spiro atoms. The summed E-state index contributed by atoms with van der Waals surface area (Å²) in [5.74, 6) is 2.97. The first-order valence-corrected chi connectivity index (χ1v) is 4.96. The quantitative estimate of drug-likeness (QED) is 0.465. The molecule has 3 fully saturated rings. The first kappa shape index (κ1) is 8.83. The predicted octanol–water partition coefficient (Wildman–Crippen LogP) is 3.63. The van der Waals surface area contributed by atoms with Gasteiger partial charge in [0.25, 0.3) is 0 Å². The number of allylic oxidation sites excluding steroid dienone is 1. The molecular weight excluding hydrogens is 132 g/mol. The minimum Gasteiger partial charge on any atom is -0.0996 e. The normalized spacial score (nSPS) is 40.3. The molecule has 0 aromatic rings. The van der Waals surface area contributed by atoms with Crippen LogP contribution >= 0.6 is 0 Å². The second kappa shape index (κ2) is 3.42. The van der Waals surface area contributed by atoms with E-state index in [1.165, 1.54) is 24.8 Å². The Morgan fingerprint density at radius 1 is 1.36 bits per heavy atom. The van der Waals surface area contributed by atoms with Gasteiger partial charge in [-0.2, -0.15) is 0 Å². The average Bonchev–Trinajstić information content (AvgIpc) is 2.07. The van der Waals surface area contributed by atoms with Crippen LogP contribution in [0.2, 0.25) is 0 Å². The van der Waals surface area contributed by atoms with Crippen molar-refractivity contribution >= 4 is 0 Å². The molecule has 0 heterocycles. The predicted molar refractivity (Wildman–Crippen MR) is 50.5 cm³/mol. The summed E-state index contributed by atoms with van der Waals surface area (Å²) < 4.78 is 0. The molecule has 3 unspecified atom stereocenters. The van der Waals surface area contributed by atoms with E-state index in [0.29, 0.717) is 0 Å². The zero-order chi connectivity index (χ0) is 8.43. The molecule has 11 heavy (non-hydrogen) atoms. The van der Waals surface area contributed by atoms with Crippen LogP contribution in [-0.2, 0) is 0 Å². The highest BCUT2D eigenvalue weighted by Crippen LogP contribution is 2.52. The molecule has 0 nitrogen and oxygen atoms in total. The molecule has 3 atom stereocenters. The fourth-order valence-corrected chi connectivity index (χ4v) is 2.36. The highest BCUT2D eigenvalue weighted by molar-refractivity contribution is 5.13. The molecule has 0 heteroatoms. The summed E-state index contributed by atoms with van der Waals surface area (Å²) >= 11 is 0. The SMILES string of the molecule is C=C1CCC2CC1C2C.CC. The van der Waals surface area contributed by atoms with Gasteiger partial charge >= 0.3 is 0 Å². The molecule has 3 saturated carbocycles. The Bertz CT molecular complexity index is 144. The Labute approximate surface area is 70.7 Å². The maximum absolute atomic E-state index is 4.08. The molecule has 0 aromatic heterocycles. The standard InChI is InChI=1S/C9H14.C2H6/c1-6-3-4-8-5-9(6)7(8)2;1-2/h7-9H,1,3-5H2,2H3;1-2H3. The fourth-order valence-electron chi connectivity index (χ4n) is 2.36. The summed E-state index contributed by atoms with van der Waals surface area (Å²) in [5.41, 5.74) is 1.53. The second-order valence-electron chi connectivity index (χ2n) is 3.66. The summed E-state index contributed by atoms with van der Waals surface area (Å²) in [7, 11) is 0. The lowest BCUT2D eigenvalue weighted by atomic mass is 9.56. The van der Waals surface area contributed by atoms with Gasteiger partial charge in [0.15, 0.2) is 0 Å². The van der Waals surface area contributed by atoms with Crippen molar-refractivity contribution in [2.24, 2.45) is 17.8 Å². The lowest BCUT2D eigenvalue weighted by molar-refractivity contribution is 0.0749. The molecule has 0 radical (unpaired) electrons. The van der Waals surface area contributed by atoms with Gasteiger partial charge < -0.3 is 0 Å². The Kier molecular flexibility index (Phi) is 2.75. The number of hydrogen-bond acceptors (Lipinski definition) is 0. The van der Waals surface area contributed by atoms with Gasteiger partial charge in [0.1, 0.15) is 0 Å². The van der Waals surface area contributed by atoms with Crippen LogP contribution in [0.15, 0.2) is 12.2 Å². The molecule has 0 N–H and O–H groups in total. The smallest absolute Gasteiger partial charge is 0.0175 e. The van der Waals surface area contributed by atoms with Crippen molar-refractivity contribution < 1.29 is 0 Å². The van der Waals surface area contributed by atoms with Gasteiger partial charge in [-0.1, -0.05) is 32.9 Å². The van der Waals surface area contributed by atoms with Gasteiger partial charge in [0, 0.05) is 0 Å². The number of hydrogen-bond donors (Lipinski definition) is 0. The molecule has 2 bridgehead atoms. The molecule has 0 aliphatic heterocycles. The van der Waals surface area contributed by atoms with E-state index in [-0.39, 0.29) is 0 Å². The monoisotopic (exact) mass is 152 g/mol. The maximum atomic E-state index is 4.08. The highest BCUT2D eigenvalue weighted by atomic mass is 14.5. The first-order valence-electron chi connectivity index (χ1n) is 4.96. The van der Waals surface area contributed by atoms with Gasteiger partial charge in [-0.05, 0) is 37.0 Å². The maximum Gasteiger partial charge on any atom is -0.0175 e. The highest BCUT2D eigenvalue weighted by Gasteiger charge is 2.42. The molecule has 3 rings (SSSR count). The minimum atomic E-state index is 0.920. The van der Waals surface area contributed by atoms with Crippen LogP contribution in [0.4, 0.5) is 0 Å². The fraction of sp³-hybridized carbons (Fsp3) is 0.818. The summed E-state index contributed by atoms with van der Waals surface area (Å²) in [6, 6.07) is 0. The Morgan fingerprint density at radius 2 is 2.00 bits per heavy atom. The van der Waals surface area contributed by atoms with E-state index in [1.807, 2.05) is 13.8 Å². The zero-order valence-electron chi connectivity index (χ0n) is 8.06. The number of fused-ring (bicyclic) bond motifs is 2. The molecule has 0 saturated heterocycles. The van der Waals surface area contributed by atoms with Gasteiger partial charge in [-0.15, -0.1) is 0 Å². The van der Waals surface area contributed by atoms with Gasteiger partial charge in [-0.3, -0.25) is 0 Å². The third-order valence-corrected chi connectivity index (χ3v) is 3.30. The van der Waals surface area contributed by atoms with Crippen LogP contribution in [0.25, 0.3) is 0 Å². The van der Waals surface area contributed by atoms with Crippen molar-refractivity contribution in [3.8, 4) is 0 Å². The van der Waals surface area contributed by atoms with Crippen LogP contribution in [0.5, 0.6) is 0 Å². The van der Waals surface area contributed by atoms with Crippen LogP contribution < -0.4 is 0 Å². The van der Waals surface area contributed by atoms with Crippen molar-refractivity contribution in [3.05, 3.63) is 12.2 Å². The van der Waals surface area contributed by atoms with E-state index in [2.05, 4.69) is 13.5 Å². The lowest BCUT2D eigenvalue weighted by Crippen LogP contribution is -2.39. The summed E-state index contributed by atoms with van der Waals surface area (Å²) in [5, 5.41) is 0. The second-order valence-corrected chi connectivity index (χ2v) is 3.66. The topological polar surface area (TPSA) is 0 Å². The summed E-state index contributed by atoms with van der Waals surface area (Å²) in [6.07, 6.45) is 4.20. The first-order chi connectivity index (χ1) is 5.29. The van der Waals surface area contributed by atoms with Crippen LogP contribution in [0.1, 0.15) is 40.0 Å². The number of rotatable bonds is 0. The van der Waals surface area contributed by atoms with E-state index >= 15 is 0 Å². The van der Waals surface area contributed by atoms with Gasteiger partial charge in [-0.25, -0.2) is 0 Å². The molecule has 3 aliphatic carbocycles. The minimum absolute atomic E-state index is 0.920. The molecular formula is C11H20. The molecule has 3 aliphatic rings. The average molecular weight is 152 g/mol. The van der Waals surface area contributed by atoms with E-state index < -0.39 is 0 Å². The Morgan fingerprint density at radius 3 is 2.27 bits per heavy atom. The zero-order valence-corrected chi connectivity index (χ0v) is 8.06. The van der Waals surface area contributed by atoms with E-state index in [0.717, 1.165) is 17.8 Å². The third kappa shape index (κ3) is 1.36. The molecule has 0 aromatic carbocycles.